The summed E-state index contributed by atoms with van der Waals surface area (Å²) in [5.41, 5.74) is 1.73. The van der Waals surface area contributed by atoms with Crippen LogP contribution in [0.15, 0.2) is 36.4 Å². The minimum Gasteiger partial charge on any atom is -0.465 e. The van der Waals surface area contributed by atoms with E-state index in [0.717, 1.165) is 22.7 Å². The van der Waals surface area contributed by atoms with Gasteiger partial charge in [0, 0.05) is 17.3 Å². The van der Waals surface area contributed by atoms with Crippen LogP contribution in [0.4, 0.5) is 5.00 Å². The fourth-order valence-electron chi connectivity index (χ4n) is 2.82. The van der Waals surface area contributed by atoms with Crippen molar-refractivity contribution < 1.29 is 9.53 Å². The minimum absolute atomic E-state index is 0.293. The predicted octanol–water partition coefficient (Wildman–Crippen LogP) is 5.38. The molecule has 0 aliphatic rings. The van der Waals surface area contributed by atoms with Gasteiger partial charge < -0.3 is 15.4 Å². The molecular weight excluding hydrogens is 376 g/mol. The quantitative estimate of drug-likeness (QED) is 0.334. The maximum atomic E-state index is 12.2. The van der Waals surface area contributed by atoms with E-state index in [1.807, 2.05) is 24.3 Å². The summed E-state index contributed by atoms with van der Waals surface area (Å²) in [5.74, 6) is -0.355. The largest absolute Gasteiger partial charge is 0.465 e. The Bertz CT molecular complexity index is 744. The molecule has 1 atom stereocenters. The first-order chi connectivity index (χ1) is 13.0. The van der Waals surface area contributed by atoms with Crippen LogP contribution in [-0.4, -0.2) is 24.2 Å². The third-order valence-corrected chi connectivity index (χ3v) is 5.53. The van der Waals surface area contributed by atoms with Crippen LogP contribution in [-0.2, 0) is 11.2 Å². The monoisotopic (exact) mass is 404 g/mol. The van der Waals surface area contributed by atoms with Crippen LogP contribution in [0.25, 0.3) is 0 Å². The van der Waals surface area contributed by atoms with Gasteiger partial charge in [-0.3, -0.25) is 0 Å². The maximum Gasteiger partial charge on any atom is 0.340 e. The number of hydrogen-bond acceptors (Lipinski definition) is 4. The highest BCUT2D eigenvalue weighted by Crippen LogP contribution is 2.30. The first kappa shape index (κ1) is 21.4. The molecule has 0 bridgehead atoms. The molecule has 146 valence electrons. The van der Waals surface area contributed by atoms with Crippen molar-refractivity contribution in [1.29, 1.82) is 0 Å². The number of ether oxygens (including phenoxy) is 1. The first-order valence-electron chi connectivity index (χ1n) is 9.36. The van der Waals surface area contributed by atoms with Crippen LogP contribution in [0, 0.1) is 0 Å². The number of benzene rings is 1. The second kappa shape index (κ2) is 11.0. The van der Waals surface area contributed by atoms with E-state index in [1.165, 1.54) is 43.3 Å². The third-order valence-electron chi connectivity index (χ3n) is 4.25. The molecule has 27 heavy (non-hydrogen) atoms. The highest BCUT2D eigenvalue weighted by molar-refractivity contribution is 7.80. The second-order valence-corrected chi connectivity index (χ2v) is 8.15. The summed E-state index contributed by atoms with van der Waals surface area (Å²) in [6, 6.07) is 12.4. The van der Waals surface area contributed by atoms with Gasteiger partial charge in [0.2, 0.25) is 0 Å². The normalized spacial score (nSPS) is 11.7. The van der Waals surface area contributed by atoms with Crippen molar-refractivity contribution in [2.75, 3.05) is 12.4 Å². The number of unbranched alkanes of at least 4 members (excludes halogenated alkanes) is 2. The minimum atomic E-state index is -0.355. The molecule has 2 N–H and O–H groups in total. The fourth-order valence-corrected chi connectivity index (χ4v) is 4.27. The highest BCUT2D eigenvalue weighted by Gasteiger charge is 2.18. The Labute approximate surface area is 171 Å². The van der Waals surface area contributed by atoms with Gasteiger partial charge in [0.15, 0.2) is 5.11 Å². The van der Waals surface area contributed by atoms with Crippen molar-refractivity contribution in [3.63, 3.8) is 0 Å². The number of nitrogens with one attached hydrogen (secondary N) is 2. The second-order valence-electron chi connectivity index (χ2n) is 6.60. The Hall–Kier alpha value is -1.92. The van der Waals surface area contributed by atoms with Crippen molar-refractivity contribution in [2.45, 2.75) is 52.0 Å². The Morgan fingerprint density at radius 2 is 2.00 bits per heavy atom. The SMILES string of the molecule is CCCCCC(C)NC(=S)Nc1sc(Cc2ccccc2)cc1C(=O)OC. The van der Waals surface area contributed by atoms with E-state index in [0.29, 0.717) is 16.7 Å². The zero-order valence-corrected chi connectivity index (χ0v) is 17.8. The molecule has 0 saturated heterocycles. The lowest BCUT2D eigenvalue weighted by molar-refractivity contribution is 0.0602. The van der Waals surface area contributed by atoms with E-state index in [4.69, 9.17) is 17.0 Å². The highest BCUT2D eigenvalue weighted by atomic mass is 32.1. The summed E-state index contributed by atoms with van der Waals surface area (Å²) in [7, 11) is 1.40. The van der Waals surface area contributed by atoms with E-state index in [9.17, 15) is 4.79 Å². The van der Waals surface area contributed by atoms with Gasteiger partial charge in [-0.2, -0.15) is 0 Å². The van der Waals surface area contributed by atoms with Crippen molar-refractivity contribution in [2.24, 2.45) is 0 Å². The molecule has 1 aromatic carbocycles. The molecule has 0 amide bonds. The lowest BCUT2D eigenvalue weighted by atomic mass is 10.1. The molecular formula is C21H28N2O2S2. The van der Waals surface area contributed by atoms with E-state index in [2.05, 4.69) is 36.6 Å². The van der Waals surface area contributed by atoms with E-state index < -0.39 is 0 Å². The number of carbonyl (C=O) groups excluding carboxylic acids is 1. The number of methoxy groups -OCH3 is 1. The number of thiophene rings is 1. The van der Waals surface area contributed by atoms with Gasteiger partial charge in [-0.15, -0.1) is 11.3 Å². The Morgan fingerprint density at radius 3 is 2.67 bits per heavy atom. The van der Waals surface area contributed by atoms with Gasteiger partial charge in [-0.05, 0) is 37.2 Å². The molecule has 1 heterocycles. The van der Waals surface area contributed by atoms with Crippen LogP contribution in [0.2, 0.25) is 0 Å². The molecule has 0 fully saturated rings. The Balaban J connectivity index is 2.05. The van der Waals surface area contributed by atoms with Crippen LogP contribution in [0.1, 0.15) is 60.3 Å². The average molecular weight is 405 g/mol. The van der Waals surface area contributed by atoms with Crippen LogP contribution in [0.5, 0.6) is 0 Å². The number of thiocarbonyl (C=S) groups is 1. The molecule has 2 aromatic rings. The number of hydrogen-bond donors (Lipinski definition) is 2. The smallest absolute Gasteiger partial charge is 0.340 e. The Morgan fingerprint density at radius 1 is 1.26 bits per heavy atom. The number of rotatable bonds is 9. The van der Waals surface area contributed by atoms with Gasteiger partial charge in [0.05, 0.1) is 12.7 Å². The van der Waals surface area contributed by atoms with Gasteiger partial charge in [0.1, 0.15) is 5.00 Å². The number of carbonyl (C=O) groups is 1. The first-order valence-corrected chi connectivity index (χ1v) is 10.6. The molecule has 0 spiro atoms. The van der Waals surface area contributed by atoms with E-state index in [1.54, 1.807) is 0 Å². The van der Waals surface area contributed by atoms with E-state index >= 15 is 0 Å². The fraction of sp³-hybridized carbons (Fsp3) is 0.429. The molecule has 0 aliphatic heterocycles. The molecule has 4 nitrogen and oxygen atoms in total. The van der Waals surface area contributed by atoms with E-state index in [-0.39, 0.29) is 5.97 Å². The summed E-state index contributed by atoms with van der Waals surface area (Å²) in [4.78, 5) is 13.2. The zero-order chi connectivity index (χ0) is 19.6. The summed E-state index contributed by atoms with van der Waals surface area (Å²) < 4.78 is 4.93. The van der Waals surface area contributed by atoms with Crippen LogP contribution in [0.3, 0.4) is 0 Å². The third kappa shape index (κ3) is 6.96. The summed E-state index contributed by atoms with van der Waals surface area (Å²) in [6.07, 6.45) is 5.46. The van der Waals surface area contributed by atoms with Gasteiger partial charge in [-0.1, -0.05) is 56.5 Å². The van der Waals surface area contributed by atoms with Gasteiger partial charge >= 0.3 is 5.97 Å². The maximum absolute atomic E-state index is 12.2. The van der Waals surface area contributed by atoms with Crippen LogP contribution >= 0.6 is 23.6 Å². The average Bonchev–Trinajstić information content (AvgIpc) is 3.04. The predicted molar refractivity (Wildman–Crippen MR) is 118 cm³/mol. The molecule has 0 aliphatic carbocycles. The zero-order valence-electron chi connectivity index (χ0n) is 16.2. The molecule has 1 aromatic heterocycles. The molecule has 6 heteroatoms. The molecule has 0 radical (unpaired) electrons. The summed E-state index contributed by atoms with van der Waals surface area (Å²) in [5, 5.41) is 7.76. The topological polar surface area (TPSA) is 50.4 Å². The lowest BCUT2D eigenvalue weighted by Gasteiger charge is -2.16. The molecule has 2 rings (SSSR count). The number of esters is 1. The van der Waals surface area contributed by atoms with Crippen LogP contribution < -0.4 is 10.6 Å². The molecule has 0 saturated carbocycles. The standard InChI is InChI=1S/C21H28N2O2S2/c1-4-5-7-10-15(2)22-21(26)23-19-18(20(24)25-3)14-17(27-19)13-16-11-8-6-9-12-16/h6,8-9,11-12,14-15H,4-5,7,10,13H2,1-3H3,(H2,22,23,26). The lowest BCUT2D eigenvalue weighted by Crippen LogP contribution is -2.35. The van der Waals surface area contributed by atoms with Gasteiger partial charge in [0.25, 0.3) is 0 Å². The van der Waals surface area contributed by atoms with Crippen molar-refractivity contribution >= 4 is 39.6 Å². The van der Waals surface area contributed by atoms with Crippen molar-refractivity contribution in [3.8, 4) is 0 Å². The summed E-state index contributed by atoms with van der Waals surface area (Å²) >= 11 is 6.98. The van der Waals surface area contributed by atoms with Gasteiger partial charge in [-0.25, -0.2) is 4.79 Å². The number of anilines is 1. The molecule has 1 unspecified atom stereocenters. The Kier molecular flexibility index (Phi) is 8.75. The summed E-state index contributed by atoms with van der Waals surface area (Å²) in [6.45, 7) is 4.32. The van der Waals surface area contributed by atoms with Crippen molar-refractivity contribution in [1.82, 2.24) is 5.32 Å². The van der Waals surface area contributed by atoms with Crippen molar-refractivity contribution in [3.05, 3.63) is 52.4 Å².